The summed E-state index contributed by atoms with van der Waals surface area (Å²) in [5, 5.41) is 8.87. The summed E-state index contributed by atoms with van der Waals surface area (Å²) in [5.74, 6) is 0.612. The van der Waals surface area contributed by atoms with Gasteiger partial charge < -0.3 is 10.3 Å². The van der Waals surface area contributed by atoms with E-state index in [4.69, 9.17) is 11.0 Å². The normalized spacial score (nSPS) is 9.92. The Bertz CT molecular complexity index is 331. The molecule has 1 aromatic heterocycles. The Kier molecular flexibility index (Phi) is 2.97. The van der Waals surface area contributed by atoms with Crippen LogP contribution in [-0.4, -0.2) is 4.57 Å². The standard InChI is InChI=1S/C10H15N3/c1-3-5-13-7-8(4-2)9(6-11)10(13)12/h7H,3-5,12H2,1-2H3. The topological polar surface area (TPSA) is 54.7 Å². The van der Waals surface area contributed by atoms with Crippen LogP contribution in [0, 0.1) is 11.3 Å². The minimum Gasteiger partial charge on any atom is -0.384 e. The van der Waals surface area contributed by atoms with Crippen molar-refractivity contribution in [2.45, 2.75) is 33.2 Å². The van der Waals surface area contributed by atoms with Crippen molar-refractivity contribution in [3.8, 4) is 6.07 Å². The van der Waals surface area contributed by atoms with Crippen molar-refractivity contribution < 1.29 is 0 Å². The molecule has 3 heteroatoms. The Labute approximate surface area is 78.8 Å². The summed E-state index contributed by atoms with van der Waals surface area (Å²) in [6, 6.07) is 2.15. The van der Waals surface area contributed by atoms with Gasteiger partial charge in [-0.2, -0.15) is 5.26 Å². The van der Waals surface area contributed by atoms with Crippen LogP contribution >= 0.6 is 0 Å². The maximum atomic E-state index is 8.87. The minimum absolute atomic E-state index is 0.612. The van der Waals surface area contributed by atoms with Gasteiger partial charge in [-0.05, 0) is 18.4 Å². The Morgan fingerprint density at radius 1 is 1.54 bits per heavy atom. The van der Waals surface area contributed by atoms with Crippen LogP contribution in [-0.2, 0) is 13.0 Å². The van der Waals surface area contributed by atoms with Gasteiger partial charge >= 0.3 is 0 Å². The molecule has 13 heavy (non-hydrogen) atoms. The van der Waals surface area contributed by atoms with Gasteiger partial charge in [-0.25, -0.2) is 0 Å². The van der Waals surface area contributed by atoms with Gasteiger partial charge in [0.15, 0.2) is 0 Å². The molecule has 0 amide bonds. The molecule has 0 saturated carbocycles. The summed E-state index contributed by atoms with van der Waals surface area (Å²) in [6.07, 6.45) is 3.88. The second-order valence-corrected chi connectivity index (χ2v) is 3.07. The third-order valence-corrected chi connectivity index (χ3v) is 2.16. The van der Waals surface area contributed by atoms with Crippen LogP contribution in [0.3, 0.4) is 0 Å². The number of hydrogen-bond acceptors (Lipinski definition) is 2. The number of aryl methyl sites for hydroxylation is 2. The second kappa shape index (κ2) is 3.99. The molecule has 0 spiro atoms. The van der Waals surface area contributed by atoms with Crippen molar-refractivity contribution >= 4 is 5.82 Å². The lowest BCUT2D eigenvalue weighted by molar-refractivity contribution is 0.689. The highest BCUT2D eigenvalue weighted by atomic mass is 15.0. The number of nitriles is 1. The molecule has 1 rings (SSSR count). The van der Waals surface area contributed by atoms with Crippen molar-refractivity contribution in [3.63, 3.8) is 0 Å². The highest BCUT2D eigenvalue weighted by molar-refractivity contribution is 5.55. The maximum absolute atomic E-state index is 8.87. The van der Waals surface area contributed by atoms with Gasteiger partial charge in [-0.1, -0.05) is 13.8 Å². The summed E-state index contributed by atoms with van der Waals surface area (Å²) >= 11 is 0. The molecular weight excluding hydrogens is 162 g/mol. The van der Waals surface area contributed by atoms with Crippen LogP contribution in [0.25, 0.3) is 0 Å². The molecule has 0 aliphatic heterocycles. The van der Waals surface area contributed by atoms with Gasteiger partial charge in [-0.15, -0.1) is 0 Å². The maximum Gasteiger partial charge on any atom is 0.121 e. The molecule has 0 aliphatic rings. The van der Waals surface area contributed by atoms with E-state index < -0.39 is 0 Å². The van der Waals surface area contributed by atoms with Gasteiger partial charge in [0.25, 0.3) is 0 Å². The molecule has 0 atom stereocenters. The summed E-state index contributed by atoms with van der Waals surface area (Å²) in [6.45, 7) is 5.02. The third-order valence-electron chi connectivity index (χ3n) is 2.16. The highest BCUT2D eigenvalue weighted by Crippen LogP contribution is 2.19. The molecule has 0 bridgehead atoms. The molecule has 0 aromatic carbocycles. The number of aromatic nitrogens is 1. The van der Waals surface area contributed by atoms with Crippen molar-refractivity contribution in [3.05, 3.63) is 17.3 Å². The van der Waals surface area contributed by atoms with E-state index in [-0.39, 0.29) is 0 Å². The van der Waals surface area contributed by atoms with Gasteiger partial charge in [-0.3, -0.25) is 0 Å². The number of anilines is 1. The Morgan fingerprint density at radius 3 is 2.62 bits per heavy atom. The lowest BCUT2D eigenvalue weighted by atomic mass is 10.1. The molecule has 1 aromatic rings. The van der Waals surface area contributed by atoms with Crippen molar-refractivity contribution in [1.82, 2.24) is 4.57 Å². The van der Waals surface area contributed by atoms with Crippen molar-refractivity contribution in [1.29, 1.82) is 5.26 Å². The number of nitrogens with two attached hydrogens (primary N) is 1. The second-order valence-electron chi connectivity index (χ2n) is 3.07. The quantitative estimate of drug-likeness (QED) is 0.766. The molecule has 70 valence electrons. The molecule has 0 unspecified atom stereocenters. The molecule has 0 aliphatic carbocycles. The van der Waals surface area contributed by atoms with Gasteiger partial charge in [0.2, 0.25) is 0 Å². The van der Waals surface area contributed by atoms with Crippen molar-refractivity contribution in [2.75, 3.05) is 5.73 Å². The van der Waals surface area contributed by atoms with E-state index in [0.29, 0.717) is 11.4 Å². The first-order chi connectivity index (χ1) is 6.24. The van der Waals surface area contributed by atoms with E-state index in [1.807, 2.05) is 17.7 Å². The van der Waals surface area contributed by atoms with Crippen LogP contribution in [0.15, 0.2) is 6.20 Å². The van der Waals surface area contributed by atoms with E-state index in [1.165, 1.54) is 0 Å². The molecule has 0 saturated heterocycles. The Morgan fingerprint density at radius 2 is 2.23 bits per heavy atom. The van der Waals surface area contributed by atoms with E-state index in [9.17, 15) is 0 Å². The van der Waals surface area contributed by atoms with Crippen LogP contribution in [0.2, 0.25) is 0 Å². The lowest BCUT2D eigenvalue weighted by Crippen LogP contribution is -2.01. The number of hydrogen-bond donors (Lipinski definition) is 1. The predicted octanol–water partition coefficient (Wildman–Crippen LogP) is 1.91. The molecular formula is C10H15N3. The van der Waals surface area contributed by atoms with Gasteiger partial charge in [0.1, 0.15) is 11.9 Å². The first-order valence-electron chi connectivity index (χ1n) is 4.62. The van der Waals surface area contributed by atoms with Crippen LogP contribution < -0.4 is 5.73 Å². The van der Waals surface area contributed by atoms with E-state index in [0.717, 1.165) is 24.9 Å². The molecule has 1 heterocycles. The van der Waals surface area contributed by atoms with Crippen LogP contribution in [0.1, 0.15) is 31.4 Å². The Hall–Kier alpha value is -1.43. The molecule has 0 fully saturated rings. The SMILES string of the molecule is CCCn1cc(CC)c(C#N)c1N. The zero-order valence-corrected chi connectivity index (χ0v) is 8.17. The zero-order chi connectivity index (χ0) is 9.84. The van der Waals surface area contributed by atoms with E-state index in [1.54, 1.807) is 0 Å². The first-order valence-corrected chi connectivity index (χ1v) is 4.62. The largest absolute Gasteiger partial charge is 0.384 e. The molecule has 3 nitrogen and oxygen atoms in total. The van der Waals surface area contributed by atoms with Crippen molar-refractivity contribution in [2.24, 2.45) is 0 Å². The third kappa shape index (κ3) is 1.67. The fraction of sp³-hybridized carbons (Fsp3) is 0.500. The van der Waals surface area contributed by atoms with Crippen LogP contribution in [0.5, 0.6) is 0 Å². The van der Waals surface area contributed by atoms with Crippen LogP contribution in [0.4, 0.5) is 5.82 Å². The summed E-state index contributed by atoms with van der Waals surface area (Å²) in [7, 11) is 0. The number of nitrogen functional groups attached to an aromatic ring is 1. The van der Waals surface area contributed by atoms with E-state index >= 15 is 0 Å². The van der Waals surface area contributed by atoms with Gasteiger partial charge in [0.05, 0.1) is 5.56 Å². The predicted molar refractivity (Wildman–Crippen MR) is 53.2 cm³/mol. The number of rotatable bonds is 3. The highest BCUT2D eigenvalue weighted by Gasteiger charge is 2.10. The fourth-order valence-corrected chi connectivity index (χ4v) is 1.45. The van der Waals surface area contributed by atoms with Gasteiger partial charge in [0, 0.05) is 12.7 Å². The molecule has 2 N–H and O–H groups in total. The average molecular weight is 177 g/mol. The smallest absolute Gasteiger partial charge is 0.121 e. The fourth-order valence-electron chi connectivity index (χ4n) is 1.45. The monoisotopic (exact) mass is 177 g/mol. The lowest BCUT2D eigenvalue weighted by Gasteiger charge is -2.01. The summed E-state index contributed by atoms with van der Waals surface area (Å²) < 4.78 is 1.96. The number of nitrogens with zero attached hydrogens (tertiary/aromatic N) is 2. The summed E-state index contributed by atoms with van der Waals surface area (Å²) in [4.78, 5) is 0. The Balaban J connectivity index is 3.12. The van der Waals surface area contributed by atoms with E-state index in [2.05, 4.69) is 13.0 Å². The zero-order valence-electron chi connectivity index (χ0n) is 8.17. The average Bonchev–Trinajstić information content (AvgIpc) is 2.44. The first kappa shape index (κ1) is 9.66. The summed E-state index contributed by atoms with van der Waals surface area (Å²) in [5.41, 5.74) is 7.52. The minimum atomic E-state index is 0.612. The molecule has 0 radical (unpaired) electrons.